The lowest BCUT2D eigenvalue weighted by Crippen LogP contribution is -2.35. The summed E-state index contributed by atoms with van der Waals surface area (Å²) in [6.45, 7) is 1.96. The molecule has 0 unspecified atom stereocenters. The number of nitro groups is 1. The van der Waals surface area contributed by atoms with E-state index in [0.717, 1.165) is 18.9 Å². The fraction of sp³-hybridized carbons (Fsp3) is 0.545. The van der Waals surface area contributed by atoms with Crippen molar-refractivity contribution >= 4 is 11.5 Å². The van der Waals surface area contributed by atoms with Gasteiger partial charge < -0.3 is 10.2 Å². The van der Waals surface area contributed by atoms with Crippen LogP contribution in [-0.4, -0.2) is 36.1 Å². The second-order valence-corrected chi connectivity index (χ2v) is 4.31. The van der Waals surface area contributed by atoms with E-state index in [2.05, 4.69) is 10.3 Å². The third-order valence-electron chi connectivity index (χ3n) is 2.99. The summed E-state index contributed by atoms with van der Waals surface area (Å²) in [6, 6.07) is 3.67. The van der Waals surface area contributed by atoms with Gasteiger partial charge in [-0.15, -0.1) is 0 Å². The van der Waals surface area contributed by atoms with Gasteiger partial charge in [-0.2, -0.15) is 0 Å². The topological polar surface area (TPSA) is 71.3 Å². The molecule has 92 valence electrons. The lowest BCUT2D eigenvalue weighted by Gasteiger charge is -2.21. The minimum absolute atomic E-state index is 0.0288. The van der Waals surface area contributed by atoms with Crippen LogP contribution in [0.15, 0.2) is 18.3 Å². The van der Waals surface area contributed by atoms with Crippen molar-refractivity contribution in [2.45, 2.75) is 18.9 Å². The van der Waals surface area contributed by atoms with Crippen molar-refractivity contribution in [2.24, 2.45) is 0 Å². The number of rotatable bonds is 4. The van der Waals surface area contributed by atoms with Crippen molar-refractivity contribution < 1.29 is 4.92 Å². The van der Waals surface area contributed by atoms with E-state index in [1.165, 1.54) is 25.1 Å². The summed E-state index contributed by atoms with van der Waals surface area (Å²) in [5.41, 5.74) is 0.0288. The Bertz CT molecular complexity index is 387. The molecule has 0 saturated carbocycles. The minimum atomic E-state index is -0.435. The Kier molecular flexibility index (Phi) is 3.53. The van der Waals surface area contributed by atoms with Gasteiger partial charge in [-0.25, -0.2) is 4.98 Å². The fourth-order valence-corrected chi connectivity index (χ4v) is 2.05. The summed E-state index contributed by atoms with van der Waals surface area (Å²) in [5.74, 6) is 0.768. The molecule has 1 aliphatic heterocycles. The molecule has 0 aromatic carbocycles. The van der Waals surface area contributed by atoms with E-state index in [0.29, 0.717) is 6.04 Å². The van der Waals surface area contributed by atoms with Crippen LogP contribution >= 0.6 is 0 Å². The van der Waals surface area contributed by atoms with Gasteiger partial charge in [0, 0.05) is 25.7 Å². The van der Waals surface area contributed by atoms with Crippen LogP contribution in [0, 0.1) is 10.1 Å². The predicted octanol–water partition coefficient (Wildman–Crippen LogP) is 1.18. The van der Waals surface area contributed by atoms with E-state index < -0.39 is 4.92 Å². The van der Waals surface area contributed by atoms with Gasteiger partial charge >= 0.3 is 0 Å². The second kappa shape index (κ2) is 5.09. The van der Waals surface area contributed by atoms with Crippen LogP contribution in [0.1, 0.15) is 12.8 Å². The predicted molar refractivity (Wildman–Crippen MR) is 65.2 cm³/mol. The number of nitrogens with one attached hydrogen (secondary N) is 1. The van der Waals surface area contributed by atoms with Gasteiger partial charge in [0.1, 0.15) is 12.0 Å². The van der Waals surface area contributed by atoms with Crippen LogP contribution in [0.4, 0.5) is 11.5 Å². The van der Waals surface area contributed by atoms with Crippen molar-refractivity contribution in [3.05, 3.63) is 28.4 Å². The van der Waals surface area contributed by atoms with E-state index in [1.807, 2.05) is 11.9 Å². The third-order valence-corrected chi connectivity index (χ3v) is 2.99. The molecular formula is C11H16N4O2. The monoisotopic (exact) mass is 236 g/mol. The molecule has 1 aromatic rings. The van der Waals surface area contributed by atoms with Gasteiger partial charge in [0.15, 0.2) is 0 Å². The first kappa shape index (κ1) is 11.8. The average molecular weight is 236 g/mol. The van der Waals surface area contributed by atoms with Gasteiger partial charge in [0.25, 0.3) is 5.69 Å². The Morgan fingerprint density at radius 2 is 2.47 bits per heavy atom. The molecular weight excluding hydrogens is 220 g/mol. The highest BCUT2D eigenvalue weighted by molar-refractivity contribution is 5.42. The molecule has 17 heavy (non-hydrogen) atoms. The molecule has 1 saturated heterocycles. The summed E-state index contributed by atoms with van der Waals surface area (Å²) in [6.07, 6.45) is 3.69. The molecule has 6 nitrogen and oxygen atoms in total. The van der Waals surface area contributed by atoms with Crippen molar-refractivity contribution in [3.8, 4) is 0 Å². The summed E-state index contributed by atoms with van der Waals surface area (Å²) in [4.78, 5) is 16.2. The normalized spacial score (nSPS) is 19.2. The third kappa shape index (κ3) is 2.91. The first-order valence-electron chi connectivity index (χ1n) is 5.72. The standard InChI is InChI=1S/C11H16N4O2/c1-14(8-9-3-2-6-12-9)11-5-4-10(7-13-11)15(16)17/h4-5,7,9,12H,2-3,6,8H2,1H3/t9-/m0/s1. The summed E-state index contributed by atoms with van der Waals surface area (Å²) >= 11 is 0. The summed E-state index contributed by atoms with van der Waals surface area (Å²) in [7, 11) is 1.95. The highest BCUT2D eigenvalue weighted by Gasteiger charge is 2.17. The second-order valence-electron chi connectivity index (χ2n) is 4.31. The summed E-state index contributed by atoms with van der Waals surface area (Å²) in [5, 5.41) is 13.9. The number of likely N-dealkylation sites (N-methyl/N-ethyl adjacent to an activating group) is 1. The highest BCUT2D eigenvalue weighted by Crippen LogP contribution is 2.16. The fourth-order valence-electron chi connectivity index (χ4n) is 2.05. The molecule has 0 aliphatic carbocycles. The van der Waals surface area contributed by atoms with Gasteiger partial charge in [-0.3, -0.25) is 10.1 Å². The zero-order chi connectivity index (χ0) is 12.3. The van der Waals surface area contributed by atoms with Crippen molar-refractivity contribution in [1.29, 1.82) is 0 Å². The quantitative estimate of drug-likeness (QED) is 0.627. The van der Waals surface area contributed by atoms with Gasteiger partial charge in [0.05, 0.1) is 4.92 Å². The Balaban J connectivity index is 1.98. The Morgan fingerprint density at radius 1 is 1.65 bits per heavy atom. The van der Waals surface area contributed by atoms with Crippen LogP contribution in [0.2, 0.25) is 0 Å². The zero-order valence-corrected chi connectivity index (χ0v) is 9.80. The van der Waals surface area contributed by atoms with Gasteiger partial charge in [-0.1, -0.05) is 0 Å². The Labute approximate surface area is 99.8 Å². The van der Waals surface area contributed by atoms with Crippen molar-refractivity contribution in [3.63, 3.8) is 0 Å². The van der Waals surface area contributed by atoms with Gasteiger partial charge in [-0.05, 0) is 25.5 Å². The van der Waals surface area contributed by atoms with Gasteiger partial charge in [0.2, 0.25) is 0 Å². The van der Waals surface area contributed by atoms with Crippen LogP contribution < -0.4 is 10.2 Å². The Morgan fingerprint density at radius 3 is 3.00 bits per heavy atom. The molecule has 1 aliphatic rings. The van der Waals surface area contributed by atoms with E-state index in [1.54, 1.807) is 6.07 Å². The molecule has 0 amide bonds. The van der Waals surface area contributed by atoms with Crippen molar-refractivity contribution in [2.75, 3.05) is 25.0 Å². The molecule has 0 spiro atoms. The maximum atomic E-state index is 10.5. The average Bonchev–Trinajstić information content (AvgIpc) is 2.82. The van der Waals surface area contributed by atoms with Crippen LogP contribution in [0.3, 0.4) is 0 Å². The van der Waals surface area contributed by atoms with E-state index in [-0.39, 0.29) is 5.69 Å². The maximum absolute atomic E-state index is 10.5. The zero-order valence-electron chi connectivity index (χ0n) is 9.80. The number of anilines is 1. The molecule has 1 atom stereocenters. The van der Waals surface area contributed by atoms with Crippen LogP contribution in [0.5, 0.6) is 0 Å². The van der Waals surface area contributed by atoms with E-state index in [4.69, 9.17) is 0 Å². The number of pyridine rings is 1. The lowest BCUT2D eigenvalue weighted by molar-refractivity contribution is -0.385. The van der Waals surface area contributed by atoms with E-state index in [9.17, 15) is 10.1 Å². The molecule has 2 heterocycles. The smallest absolute Gasteiger partial charge is 0.287 e. The first-order chi connectivity index (χ1) is 8.16. The largest absolute Gasteiger partial charge is 0.358 e. The lowest BCUT2D eigenvalue weighted by atomic mass is 10.2. The van der Waals surface area contributed by atoms with Crippen LogP contribution in [0.25, 0.3) is 0 Å². The summed E-state index contributed by atoms with van der Waals surface area (Å²) < 4.78 is 0. The molecule has 0 radical (unpaired) electrons. The maximum Gasteiger partial charge on any atom is 0.287 e. The SMILES string of the molecule is CN(C[C@@H]1CCCN1)c1ccc([N+](=O)[O-])cn1. The molecule has 0 bridgehead atoms. The number of hydrogen-bond acceptors (Lipinski definition) is 5. The molecule has 2 rings (SSSR count). The number of nitrogens with zero attached hydrogens (tertiary/aromatic N) is 3. The first-order valence-corrected chi connectivity index (χ1v) is 5.72. The minimum Gasteiger partial charge on any atom is -0.358 e. The Hall–Kier alpha value is -1.69. The van der Waals surface area contributed by atoms with Crippen LogP contribution in [-0.2, 0) is 0 Å². The highest BCUT2D eigenvalue weighted by atomic mass is 16.6. The molecule has 6 heteroatoms. The van der Waals surface area contributed by atoms with E-state index >= 15 is 0 Å². The molecule has 1 aromatic heterocycles. The molecule has 1 fully saturated rings. The number of hydrogen-bond donors (Lipinski definition) is 1. The van der Waals surface area contributed by atoms with Crippen molar-refractivity contribution in [1.82, 2.24) is 10.3 Å². The molecule has 1 N–H and O–H groups in total. The number of aromatic nitrogens is 1.